The Morgan fingerprint density at radius 1 is 1.04 bits per heavy atom. The Bertz CT molecular complexity index is 787. The van der Waals surface area contributed by atoms with Gasteiger partial charge in [0.05, 0.1) is 5.92 Å². The van der Waals surface area contributed by atoms with Gasteiger partial charge in [-0.15, -0.1) is 0 Å². The van der Waals surface area contributed by atoms with Gasteiger partial charge in [0.25, 0.3) is 5.91 Å². The third kappa shape index (κ3) is 5.23. The van der Waals surface area contributed by atoms with Crippen molar-refractivity contribution in [3.05, 3.63) is 54.1 Å². The lowest BCUT2D eigenvalue weighted by Crippen LogP contribution is -2.45. The van der Waals surface area contributed by atoms with Crippen LogP contribution in [-0.2, 0) is 9.59 Å². The minimum atomic E-state index is -0.349. The Morgan fingerprint density at radius 3 is 2.26 bits per heavy atom. The molecule has 1 atom stereocenters. The molecule has 142 valence electrons. The van der Waals surface area contributed by atoms with E-state index >= 15 is 0 Å². The van der Waals surface area contributed by atoms with Crippen molar-refractivity contribution in [2.24, 2.45) is 11.7 Å². The largest absolute Gasteiger partial charge is 0.484 e. The molecule has 1 fully saturated rings. The van der Waals surface area contributed by atoms with Crippen molar-refractivity contribution in [3.8, 4) is 17.2 Å². The van der Waals surface area contributed by atoms with Crippen LogP contribution >= 0.6 is 0 Å². The van der Waals surface area contributed by atoms with Gasteiger partial charge in [0.2, 0.25) is 5.91 Å². The number of aryl methyl sites for hydroxylation is 1. The van der Waals surface area contributed by atoms with Crippen LogP contribution in [0.25, 0.3) is 0 Å². The van der Waals surface area contributed by atoms with E-state index in [0.29, 0.717) is 24.6 Å². The summed E-state index contributed by atoms with van der Waals surface area (Å²) < 4.78 is 11.3. The van der Waals surface area contributed by atoms with E-state index in [-0.39, 0.29) is 24.3 Å². The molecule has 0 spiro atoms. The number of amides is 2. The fraction of sp³-hybridized carbons (Fsp3) is 0.333. The fourth-order valence-corrected chi connectivity index (χ4v) is 3.02. The summed E-state index contributed by atoms with van der Waals surface area (Å²) in [6, 6.07) is 14.9. The number of hydrogen-bond acceptors (Lipinski definition) is 4. The van der Waals surface area contributed by atoms with Crippen LogP contribution < -0.4 is 15.2 Å². The summed E-state index contributed by atoms with van der Waals surface area (Å²) in [6.07, 6.45) is 1.52. The molecule has 0 saturated carbocycles. The van der Waals surface area contributed by atoms with Crippen molar-refractivity contribution in [1.29, 1.82) is 0 Å². The van der Waals surface area contributed by atoms with Crippen LogP contribution in [0.4, 0.5) is 0 Å². The van der Waals surface area contributed by atoms with Gasteiger partial charge in [0.1, 0.15) is 17.2 Å². The fourth-order valence-electron chi connectivity index (χ4n) is 3.02. The summed E-state index contributed by atoms with van der Waals surface area (Å²) >= 11 is 0. The summed E-state index contributed by atoms with van der Waals surface area (Å²) in [4.78, 5) is 25.3. The molecule has 0 aliphatic carbocycles. The first-order valence-electron chi connectivity index (χ1n) is 9.06. The van der Waals surface area contributed by atoms with Crippen molar-refractivity contribution in [2.45, 2.75) is 19.8 Å². The summed E-state index contributed by atoms with van der Waals surface area (Å²) in [5, 5.41) is 0. The summed E-state index contributed by atoms with van der Waals surface area (Å²) in [5.74, 6) is 1.29. The van der Waals surface area contributed by atoms with Gasteiger partial charge in [-0.05, 0) is 56.2 Å². The Balaban J connectivity index is 1.50. The molecule has 2 aromatic rings. The van der Waals surface area contributed by atoms with E-state index in [4.69, 9.17) is 15.2 Å². The predicted molar refractivity (Wildman–Crippen MR) is 102 cm³/mol. The van der Waals surface area contributed by atoms with Crippen molar-refractivity contribution in [2.75, 3.05) is 19.7 Å². The topological polar surface area (TPSA) is 81.9 Å². The molecule has 1 aliphatic heterocycles. The van der Waals surface area contributed by atoms with Crippen molar-refractivity contribution in [1.82, 2.24) is 4.90 Å². The lowest BCUT2D eigenvalue weighted by molar-refractivity contribution is -0.136. The molecule has 0 radical (unpaired) electrons. The maximum absolute atomic E-state index is 12.3. The second-order valence-corrected chi connectivity index (χ2v) is 6.76. The van der Waals surface area contributed by atoms with Crippen LogP contribution in [0.3, 0.4) is 0 Å². The molecule has 2 aromatic carbocycles. The van der Waals surface area contributed by atoms with Gasteiger partial charge in [-0.1, -0.05) is 17.7 Å². The highest BCUT2D eigenvalue weighted by molar-refractivity contribution is 5.81. The number of benzene rings is 2. The molecule has 0 aromatic heterocycles. The summed E-state index contributed by atoms with van der Waals surface area (Å²) in [5.41, 5.74) is 6.52. The molecule has 0 bridgehead atoms. The van der Waals surface area contributed by atoms with Gasteiger partial charge in [0, 0.05) is 13.1 Å². The van der Waals surface area contributed by atoms with E-state index in [0.717, 1.165) is 18.6 Å². The van der Waals surface area contributed by atoms with Crippen LogP contribution in [0, 0.1) is 12.8 Å². The highest BCUT2D eigenvalue weighted by Gasteiger charge is 2.27. The number of carbonyl (C=O) groups excluding carboxylic acids is 2. The normalized spacial score (nSPS) is 16.6. The number of nitrogens with two attached hydrogens (primary N) is 1. The minimum absolute atomic E-state index is 0.0658. The second kappa shape index (κ2) is 8.58. The van der Waals surface area contributed by atoms with E-state index in [1.54, 1.807) is 29.2 Å². The number of ether oxygens (including phenoxy) is 2. The lowest BCUT2D eigenvalue weighted by Gasteiger charge is -2.31. The number of likely N-dealkylation sites (tertiary alicyclic amines) is 1. The van der Waals surface area contributed by atoms with Crippen LogP contribution in [0.1, 0.15) is 18.4 Å². The van der Waals surface area contributed by atoms with Crippen LogP contribution in [0.15, 0.2) is 48.5 Å². The molecular weight excluding hydrogens is 344 g/mol. The van der Waals surface area contributed by atoms with Gasteiger partial charge in [-0.25, -0.2) is 0 Å². The second-order valence-electron chi connectivity index (χ2n) is 6.76. The molecule has 1 aliphatic rings. The number of rotatable bonds is 6. The Kier molecular flexibility index (Phi) is 5.96. The zero-order valence-electron chi connectivity index (χ0n) is 15.4. The molecular formula is C21H24N2O4. The van der Waals surface area contributed by atoms with Crippen molar-refractivity contribution in [3.63, 3.8) is 0 Å². The molecule has 1 heterocycles. The number of nitrogens with zero attached hydrogens (tertiary/aromatic N) is 1. The molecule has 2 amide bonds. The van der Waals surface area contributed by atoms with Crippen LogP contribution in [0.5, 0.6) is 17.2 Å². The number of hydrogen-bond donors (Lipinski definition) is 1. The standard InChI is InChI=1S/C21H24N2O4/c1-15-4-6-18(7-5-15)27-19-10-8-17(9-11-19)26-14-20(24)23-12-2-3-16(13-23)21(22)25/h4-11,16H,2-3,12-14H2,1H3,(H2,22,25). The van der Waals surface area contributed by atoms with Gasteiger partial charge in [-0.3, -0.25) is 9.59 Å². The minimum Gasteiger partial charge on any atom is -0.484 e. The van der Waals surface area contributed by atoms with E-state index in [1.807, 2.05) is 31.2 Å². The zero-order valence-corrected chi connectivity index (χ0v) is 15.4. The average molecular weight is 368 g/mol. The first-order chi connectivity index (χ1) is 13.0. The predicted octanol–water partition coefficient (Wildman–Crippen LogP) is 2.89. The molecule has 2 N–H and O–H groups in total. The van der Waals surface area contributed by atoms with Gasteiger partial charge in [0.15, 0.2) is 6.61 Å². The molecule has 1 saturated heterocycles. The third-order valence-electron chi connectivity index (χ3n) is 4.62. The summed E-state index contributed by atoms with van der Waals surface area (Å²) in [7, 11) is 0. The maximum Gasteiger partial charge on any atom is 0.260 e. The molecule has 1 unspecified atom stereocenters. The van der Waals surface area contributed by atoms with E-state index in [1.165, 1.54) is 5.56 Å². The number of primary amides is 1. The monoisotopic (exact) mass is 368 g/mol. The Hall–Kier alpha value is -3.02. The van der Waals surface area contributed by atoms with Crippen LogP contribution in [0.2, 0.25) is 0 Å². The first kappa shape index (κ1) is 18.8. The molecule has 6 heteroatoms. The van der Waals surface area contributed by atoms with E-state index < -0.39 is 0 Å². The lowest BCUT2D eigenvalue weighted by atomic mass is 9.97. The Labute approximate surface area is 158 Å². The third-order valence-corrected chi connectivity index (χ3v) is 4.62. The van der Waals surface area contributed by atoms with Gasteiger partial charge in [-0.2, -0.15) is 0 Å². The zero-order chi connectivity index (χ0) is 19.2. The van der Waals surface area contributed by atoms with E-state index in [9.17, 15) is 9.59 Å². The maximum atomic E-state index is 12.3. The van der Waals surface area contributed by atoms with Gasteiger partial charge < -0.3 is 20.1 Å². The quantitative estimate of drug-likeness (QED) is 0.850. The van der Waals surface area contributed by atoms with Crippen LogP contribution in [-0.4, -0.2) is 36.4 Å². The smallest absolute Gasteiger partial charge is 0.260 e. The molecule has 6 nitrogen and oxygen atoms in total. The highest BCUT2D eigenvalue weighted by Crippen LogP contribution is 2.24. The van der Waals surface area contributed by atoms with Crippen molar-refractivity contribution >= 4 is 11.8 Å². The molecule has 27 heavy (non-hydrogen) atoms. The highest BCUT2D eigenvalue weighted by atomic mass is 16.5. The number of carbonyl (C=O) groups is 2. The van der Waals surface area contributed by atoms with E-state index in [2.05, 4.69) is 0 Å². The van der Waals surface area contributed by atoms with Crippen molar-refractivity contribution < 1.29 is 19.1 Å². The SMILES string of the molecule is Cc1ccc(Oc2ccc(OCC(=O)N3CCCC(C(N)=O)C3)cc2)cc1. The number of piperidine rings is 1. The molecule has 3 rings (SSSR count). The van der Waals surface area contributed by atoms with Gasteiger partial charge >= 0.3 is 0 Å². The Morgan fingerprint density at radius 2 is 1.63 bits per heavy atom. The summed E-state index contributed by atoms with van der Waals surface area (Å²) in [6.45, 7) is 2.97. The average Bonchev–Trinajstić information content (AvgIpc) is 2.69. The first-order valence-corrected chi connectivity index (χ1v) is 9.06.